The lowest BCUT2D eigenvalue weighted by Crippen LogP contribution is -2.25. The Labute approximate surface area is 203 Å². The van der Waals surface area contributed by atoms with Crippen LogP contribution in [0.4, 0.5) is 0 Å². The zero-order valence-corrected chi connectivity index (χ0v) is 22.4. The molecule has 2 N–H and O–H groups in total. The van der Waals surface area contributed by atoms with Gasteiger partial charge in [0.2, 0.25) is 0 Å². The normalized spacial score (nSPS) is 12.0. The number of benzene rings is 1. The molecule has 1 aromatic carbocycles. The lowest BCUT2D eigenvalue weighted by molar-refractivity contribution is 0.216. The quantitative estimate of drug-likeness (QED) is 0.453. The highest BCUT2D eigenvalue weighted by molar-refractivity contribution is 6.09. The molecule has 0 saturated carbocycles. The van der Waals surface area contributed by atoms with Gasteiger partial charge in [0, 0.05) is 19.4 Å². The third-order valence-corrected chi connectivity index (χ3v) is 3.96. The minimum atomic E-state index is -0.167. The number of allylic oxidation sites excluding steroid dienone is 2. The van der Waals surface area contributed by atoms with Crippen molar-refractivity contribution in [3.05, 3.63) is 83.5 Å². The van der Waals surface area contributed by atoms with Gasteiger partial charge in [-0.1, -0.05) is 72.1 Å². The first-order valence-corrected chi connectivity index (χ1v) is 11.6. The topological polar surface area (TPSA) is 60.2 Å². The molecule has 0 aliphatic carbocycles. The van der Waals surface area contributed by atoms with Crippen LogP contribution in [-0.2, 0) is 6.54 Å². The van der Waals surface area contributed by atoms with E-state index in [0.29, 0.717) is 12.4 Å². The van der Waals surface area contributed by atoms with E-state index >= 15 is 0 Å². The fourth-order valence-electron chi connectivity index (χ4n) is 2.38. The van der Waals surface area contributed by atoms with Crippen LogP contribution >= 0.6 is 0 Å². The smallest absolute Gasteiger partial charge is 0.147 e. The largest absolute Gasteiger partial charge is 0.394 e. The molecule has 0 unspecified atom stereocenters. The summed E-state index contributed by atoms with van der Waals surface area (Å²) in [5, 5.41) is 16.9. The molecule has 0 saturated heterocycles. The zero-order chi connectivity index (χ0) is 26.1. The third-order valence-electron chi connectivity index (χ3n) is 3.96. The molecule has 0 aromatic heterocycles. The van der Waals surface area contributed by atoms with Crippen molar-refractivity contribution >= 4 is 12.4 Å². The second kappa shape index (κ2) is 17.6. The first-order chi connectivity index (χ1) is 15.5. The number of aliphatic hydroxyl groups is 1. The Morgan fingerprint density at radius 3 is 2.09 bits per heavy atom. The van der Waals surface area contributed by atoms with Gasteiger partial charge in [-0.05, 0) is 63.0 Å². The van der Waals surface area contributed by atoms with Gasteiger partial charge in [-0.25, -0.2) is 10.0 Å². The number of aliphatic hydroxyl groups excluding tert-OH is 1. The molecule has 5 heteroatoms. The van der Waals surface area contributed by atoms with Gasteiger partial charge < -0.3 is 10.4 Å². The van der Waals surface area contributed by atoms with Gasteiger partial charge in [-0.3, -0.25) is 0 Å². The number of hydrogen-bond donors (Lipinski definition) is 2. The fourth-order valence-corrected chi connectivity index (χ4v) is 2.38. The maximum Gasteiger partial charge on any atom is 0.147 e. The van der Waals surface area contributed by atoms with E-state index < -0.39 is 0 Å². The minimum Gasteiger partial charge on any atom is -0.394 e. The van der Waals surface area contributed by atoms with Crippen molar-refractivity contribution in [1.82, 2.24) is 10.3 Å². The summed E-state index contributed by atoms with van der Waals surface area (Å²) in [5.74, 6) is 0.495. The van der Waals surface area contributed by atoms with Crippen molar-refractivity contribution < 1.29 is 5.11 Å². The Hall–Kier alpha value is -2.92. The Morgan fingerprint density at radius 2 is 1.67 bits per heavy atom. The zero-order valence-electron chi connectivity index (χ0n) is 22.4. The molecule has 1 aromatic rings. The van der Waals surface area contributed by atoms with Crippen LogP contribution in [0.25, 0.3) is 0 Å². The van der Waals surface area contributed by atoms with E-state index in [1.54, 1.807) is 18.9 Å². The van der Waals surface area contributed by atoms with Crippen LogP contribution in [0.15, 0.2) is 76.9 Å². The molecule has 184 valence electrons. The van der Waals surface area contributed by atoms with Gasteiger partial charge in [0.1, 0.15) is 5.82 Å². The number of nitrogens with one attached hydrogen (secondary N) is 1. The summed E-state index contributed by atoms with van der Waals surface area (Å²) >= 11 is 0. The molecule has 0 atom stereocenters. The fraction of sp³-hybridized carbons (Fsp3) is 0.429. The van der Waals surface area contributed by atoms with Crippen molar-refractivity contribution in [3.63, 3.8) is 0 Å². The molecule has 0 amide bonds. The molecule has 33 heavy (non-hydrogen) atoms. The number of aryl methyl sites for hydroxylation is 2. The van der Waals surface area contributed by atoms with Crippen LogP contribution in [-0.4, -0.2) is 28.6 Å². The van der Waals surface area contributed by atoms with Crippen LogP contribution in [0.5, 0.6) is 0 Å². The molecular formula is C28H46N4O. The molecule has 1 aliphatic rings. The molecular weight excluding hydrogens is 408 g/mol. The van der Waals surface area contributed by atoms with E-state index in [1.165, 1.54) is 23.1 Å². The summed E-state index contributed by atoms with van der Waals surface area (Å²) < 4.78 is 0. The van der Waals surface area contributed by atoms with Gasteiger partial charge in [0.05, 0.1) is 17.1 Å². The van der Waals surface area contributed by atoms with E-state index in [0.717, 1.165) is 22.7 Å². The highest BCUT2D eigenvalue weighted by Gasteiger charge is 2.19. The molecule has 0 bridgehead atoms. The van der Waals surface area contributed by atoms with Crippen LogP contribution in [0.2, 0.25) is 0 Å². The van der Waals surface area contributed by atoms with Crippen molar-refractivity contribution in [2.45, 2.75) is 81.4 Å². The standard InChI is InChI=1S/C20H24N4.C3H8O.C3H8.C2H6/c1-13(2)20-11-19(23-17(6)24(20)21-7)16(5)22-12-18-9-8-14(3)15(4)10-18;1-3(2)4;1-3-2;1-2/h8-11,22H,1,5-7,12H2,2-4H3;3-4H,1-2H3;3H2,1-2H3;1-2H3. The predicted molar refractivity (Wildman–Crippen MR) is 147 cm³/mol. The first kappa shape index (κ1) is 32.3. The van der Waals surface area contributed by atoms with Crippen LogP contribution in [0.3, 0.4) is 0 Å². The van der Waals surface area contributed by atoms with Crippen molar-refractivity contribution in [1.29, 1.82) is 0 Å². The lowest BCUT2D eigenvalue weighted by atomic mass is 10.1. The summed E-state index contributed by atoms with van der Waals surface area (Å²) in [7, 11) is 0. The second-order valence-electron chi connectivity index (χ2n) is 7.73. The van der Waals surface area contributed by atoms with E-state index in [2.05, 4.69) is 87.8 Å². The third kappa shape index (κ3) is 12.6. The molecule has 5 nitrogen and oxygen atoms in total. The van der Waals surface area contributed by atoms with Gasteiger partial charge in [-0.2, -0.15) is 5.10 Å². The minimum absolute atomic E-state index is 0.167. The van der Waals surface area contributed by atoms with Crippen LogP contribution < -0.4 is 5.32 Å². The van der Waals surface area contributed by atoms with Crippen LogP contribution in [0.1, 0.15) is 71.6 Å². The van der Waals surface area contributed by atoms with Crippen molar-refractivity contribution in [2.24, 2.45) is 10.1 Å². The van der Waals surface area contributed by atoms with Crippen molar-refractivity contribution in [2.75, 3.05) is 0 Å². The van der Waals surface area contributed by atoms with E-state index in [9.17, 15) is 0 Å². The van der Waals surface area contributed by atoms with Gasteiger partial charge >= 0.3 is 0 Å². The van der Waals surface area contributed by atoms with Gasteiger partial charge in [0.15, 0.2) is 0 Å². The highest BCUT2D eigenvalue weighted by Crippen LogP contribution is 2.24. The van der Waals surface area contributed by atoms with E-state index in [4.69, 9.17) is 5.11 Å². The maximum atomic E-state index is 8.06. The number of hydrogen-bond acceptors (Lipinski definition) is 5. The first-order valence-electron chi connectivity index (χ1n) is 11.6. The van der Waals surface area contributed by atoms with Crippen LogP contribution in [0, 0.1) is 13.8 Å². The molecule has 2 rings (SSSR count). The maximum absolute atomic E-state index is 8.06. The summed E-state index contributed by atoms with van der Waals surface area (Å²) in [6.07, 6.45) is 2.97. The Bertz CT molecular complexity index is 845. The number of nitrogens with zero attached hydrogens (tertiary/aromatic N) is 3. The summed E-state index contributed by atoms with van der Waals surface area (Å²) in [6.45, 7) is 34.1. The Kier molecular flexibility index (Phi) is 17.2. The molecule has 0 spiro atoms. The monoisotopic (exact) mass is 454 g/mol. The number of rotatable bonds is 6. The predicted octanol–water partition coefficient (Wildman–Crippen LogP) is 7.04. The molecule has 1 heterocycles. The van der Waals surface area contributed by atoms with Gasteiger partial charge in [-0.15, -0.1) is 0 Å². The Morgan fingerprint density at radius 1 is 1.15 bits per heavy atom. The molecule has 0 radical (unpaired) electrons. The second-order valence-corrected chi connectivity index (χ2v) is 7.73. The Balaban J connectivity index is 0. The lowest BCUT2D eigenvalue weighted by Gasteiger charge is -2.26. The molecule has 0 fully saturated rings. The number of hydrazone groups is 1. The summed E-state index contributed by atoms with van der Waals surface area (Å²) in [4.78, 5) is 4.45. The highest BCUT2D eigenvalue weighted by atomic mass is 16.3. The van der Waals surface area contributed by atoms with Crippen molar-refractivity contribution in [3.8, 4) is 0 Å². The number of aliphatic imine (C=N–C) groups is 1. The van der Waals surface area contributed by atoms with E-state index in [1.807, 2.05) is 26.8 Å². The average Bonchev–Trinajstić information content (AvgIpc) is 2.75. The summed E-state index contributed by atoms with van der Waals surface area (Å²) in [6, 6.07) is 6.42. The van der Waals surface area contributed by atoms with Gasteiger partial charge in [0.25, 0.3) is 0 Å². The van der Waals surface area contributed by atoms with E-state index in [-0.39, 0.29) is 6.10 Å². The molecule has 1 aliphatic heterocycles. The average molecular weight is 455 g/mol. The summed E-state index contributed by atoms with van der Waals surface area (Å²) in [5.41, 5.74) is 6.90. The SMILES string of the molecule is C=NN1C(=C)N=C(C(=C)NCc2ccc(C)c(C)c2)C=C1C(=C)C.CC.CC(C)O.CCC.